The third-order valence-corrected chi connectivity index (χ3v) is 6.56. The van der Waals surface area contributed by atoms with Gasteiger partial charge in [0.2, 0.25) is 5.91 Å². The molecule has 1 saturated heterocycles. The number of phenols is 2. The van der Waals surface area contributed by atoms with E-state index in [4.69, 9.17) is 4.74 Å². The molecule has 31 heavy (non-hydrogen) atoms. The summed E-state index contributed by atoms with van der Waals surface area (Å²) in [5, 5.41) is 22.4. The van der Waals surface area contributed by atoms with Crippen LogP contribution in [0, 0.1) is 11.8 Å². The van der Waals surface area contributed by atoms with Gasteiger partial charge in [-0.25, -0.2) is 0 Å². The Kier molecular flexibility index (Phi) is 6.37. The minimum Gasteiger partial charge on any atom is -0.504 e. The molecule has 4 rings (SSSR count). The van der Waals surface area contributed by atoms with E-state index in [1.54, 1.807) is 6.07 Å². The highest BCUT2D eigenvalue weighted by molar-refractivity contribution is 5.92. The molecule has 0 bridgehead atoms. The van der Waals surface area contributed by atoms with Crippen molar-refractivity contribution in [1.82, 2.24) is 4.90 Å². The first-order valence-corrected chi connectivity index (χ1v) is 11.2. The zero-order valence-corrected chi connectivity index (χ0v) is 18.3. The summed E-state index contributed by atoms with van der Waals surface area (Å²) in [7, 11) is 0. The first-order chi connectivity index (χ1) is 14.9. The van der Waals surface area contributed by atoms with Gasteiger partial charge in [0.25, 0.3) is 0 Å². The molecule has 1 fully saturated rings. The highest BCUT2D eigenvalue weighted by atomic mass is 16.5. The van der Waals surface area contributed by atoms with Crippen LogP contribution in [-0.4, -0.2) is 40.7 Å². The van der Waals surface area contributed by atoms with Crippen LogP contribution in [-0.2, 0) is 11.3 Å². The largest absolute Gasteiger partial charge is 0.504 e. The number of hydrogen-bond acceptors (Lipinski definition) is 5. The van der Waals surface area contributed by atoms with Crippen LogP contribution < -0.4 is 10.1 Å². The van der Waals surface area contributed by atoms with E-state index >= 15 is 0 Å². The lowest BCUT2D eigenvalue weighted by Gasteiger charge is -2.39. The molecule has 0 unspecified atom stereocenters. The lowest BCUT2D eigenvalue weighted by Crippen LogP contribution is -2.42. The van der Waals surface area contributed by atoms with E-state index in [-0.39, 0.29) is 17.4 Å². The number of piperidine rings is 1. The molecule has 2 heterocycles. The number of anilines is 1. The van der Waals surface area contributed by atoms with Crippen molar-refractivity contribution in [2.75, 3.05) is 25.0 Å². The van der Waals surface area contributed by atoms with E-state index in [2.05, 4.69) is 30.1 Å². The van der Waals surface area contributed by atoms with Gasteiger partial charge in [-0.2, -0.15) is 0 Å². The third kappa shape index (κ3) is 5.13. The number of fused-ring (bicyclic) bond motifs is 2. The van der Waals surface area contributed by atoms with Crippen LogP contribution in [0.3, 0.4) is 0 Å². The van der Waals surface area contributed by atoms with Gasteiger partial charge in [0, 0.05) is 19.5 Å². The van der Waals surface area contributed by atoms with Crippen LogP contribution >= 0.6 is 0 Å². The molecule has 3 N–H and O–H groups in total. The van der Waals surface area contributed by atoms with Crippen molar-refractivity contribution in [1.29, 1.82) is 0 Å². The first-order valence-electron chi connectivity index (χ1n) is 11.2. The van der Waals surface area contributed by atoms with Crippen LogP contribution in [0.2, 0.25) is 0 Å². The lowest BCUT2D eigenvalue weighted by molar-refractivity contribution is -0.118. The molecule has 6 heteroatoms. The lowest BCUT2D eigenvalue weighted by atomic mass is 9.81. The van der Waals surface area contributed by atoms with Gasteiger partial charge in [-0.3, -0.25) is 9.69 Å². The Morgan fingerprint density at radius 1 is 1.10 bits per heavy atom. The first kappa shape index (κ1) is 21.5. The highest BCUT2D eigenvalue weighted by Crippen LogP contribution is 2.35. The summed E-state index contributed by atoms with van der Waals surface area (Å²) in [5.74, 6) is 1.71. The number of aromatic hydroxyl groups is 2. The van der Waals surface area contributed by atoms with E-state index in [0.717, 1.165) is 42.9 Å². The summed E-state index contributed by atoms with van der Waals surface area (Å²) < 4.78 is 6.08. The quantitative estimate of drug-likeness (QED) is 0.634. The van der Waals surface area contributed by atoms with Gasteiger partial charge in [0.05, 0.1) is 12.3 Å². The SMILES string of the molecule is CC(C)c1ccc2c(c1)NC(=O)C[C@@H]1CCN(Cc3ccc(O)c(O)c3)C[C@@H]1CCO2. The van der Waals surface area contributed by atoms with Crippen molar-refractivity contribution in [2.24, 2.45) is 11.8 Å². The Hall–Kier alpha value is -2.73. The molecule has 0 saturated carbocycles. The number of hydrogen-bond donors (Lipinski definition) is 3. The number of likely N-dealkylation sites (tertiary alicyclic amines) is 1. The van der Waals surface area contributed by atoms with Crippen molar-refractivity contribution in [2.45, 2.75) is 45.6 Å². The van der Waals surface area contributed by atoms with Crippen LogP contribution in [0.5, 0.6) is 17.2 Å². The second kappa shape index (κ2) is 9.18. The van der Waals surface area contributed by atoms with Crippen molar-refractivity contribution in [3.8, 4) is 17.2 Å². The normalized spacial score (nSPS) is 22.2. The van der Waals surface area contributed by atoms with Crippen LogP contribution in [0.25, 0.3) is 0 Å². The Balaban J connectivity index is 1.45. The minimum absolute atomic E-state index is 0.0552. The predicted molar refractivity (Wildman–Crippen MR) is 121 cm³/mol. The molecule has 0 spiro atoms. The van der Waals surface area contributed by atoms with Crippen molar-refractivity contribution in [3.63, 3.8) is 0 Å². The molecule has 0 aromatic heterocycles. The average molecular weight is 425 g/mol. The molecule has 2 atom stereocenters. The van der Waals surface area contributed by atoms with Gasteiger partial charge in [-0.15, -0.1) is 0 Å². The third-order valence-electron chi connectivity index (χ3n) is 6.56. The van der Waals surface area contributed by atoms with Gasteiger partial charge in [0.15, 0.2) is 11.5 Å². The second-order valence-corrected chi connectivity index (χ2v) is 9.17. The zero-order valence-electron chi connectivity index (χ0n) is 18.3. The maximum atomic E-state index is 12.8. The Labute approximate surface area is 183 Å². The van der Waals surface area contributed by atoms with Crippen LogP contribution in [0.1, 0.15) is 50.2 Å². The standard InChI is InChI=1S/C25H32N2O4/c1-16(2)18-4-6-24-21(12-18)26-25(30)13-19-7-9-27(15-20(19)8-10-31-24)14-17-3-5-22(28)23(29)11-17/h3-6,11-12,16,19-20,28-29H,7-10,13-15H2,1-2H3,(H,26,30)/t19-,20-/m0/s1. The number of amides is 1. The Bertz CT molecular complexity index is 943. The molecule has 166 valence electrons. The second-order valence-electron chi connectivity index (χ2n) is 9.17. The highest BCUT2D eigenvalue weighted by Gasteiger charge is 2.31. The topological polar surface area (TPSA) is 82.0 Å². The fourth-order valence-electron chi connectivity index (χ4n) is 4.71. The molecule has 0 aliphatic carbocycles. The smallest absolute Gasteiger partial charge is 0.224 e. The number of benzene rings is 2. The number of carbonyl (C=O) groups is 1. The number of phenolic OH excluding ortho intramolecular Hbond substituents is 2. The van der Waals surface area contributed by atoms with Gasteiger partial charge in [0.1, 0.15) is 5.75 Å². The van der Waals surface area contributed by atoms with Gasteiger partial charge >= 0.3 is 0 Å². The van der Waals surface area contributed by atoms with E-state index in [1.807, 2.05) is 18.2 Å². The van der Waals surface area contributed by atoms with E-state index in [1.165, 1.54) is 11.6 Å². The number of carbonyl (C=O) groups excluding carboxylic acids is 1. The van der Waals surface area contributed by atoms with Gasteiger partial charge < -0.3 is 20.3 Å². The van der Waals surface area contributed by atoms with Gasteiger partial charge in [-0.05, 0) is 72.5 Å². The van der Waals surface area contributed by atoms with Crippen LogP contribution in [0.15, 0.2) is 36.4 Å². The Morgan fingerprint density at radius 2 is 1.94 bits per heavy atom. The number of nitrogens with zero attached hydrogens (tertiary/aromatic N) is 1. The molecule has 1 amide bonds. The van der Waals surface area contributed by atoms with Crippen molar-refractivity contribution >= 4 is 11.6 Å². The Morgan fingerprint density at radius 3 is 2.71 bits per heavy atom. The molecular weight excluding hydrogens is 392 g/mol. The molecule has 2 aromatic rings. The summed E-state index contributed by atoms with van der Waals surface area (Å²) in [6.07, 6.45) is 2.39. The summed E-state index contributed by atoms with van der Waals surface area (Å²) in [4.78, 5) is 15.2. The maximum Gasteiger partial charge on any atom is 0.224 e. The summed E-state index contributed by atoms with van der Waals surface area (Å²) in [5.41, 5.74) is 2.93. The fraction of sp³-hybridized carbons (Fsp3) is 0.480. The van der Waals surface area contributed by atoms with E-state index < -0.39 is 0 Å². The average Bonchev–Trinajstić information content (AvgIpc) is 2.73. The monoisotopic (exact) mass is 424 g/mol. The zero-order chi connectivity index (χ0) is 22.0. The molecule has 6 nitrogen and oxygen atoms in total. The number of nitrogens with one attached hydrogen (secondary N) is 1. The van der Waals surface area contributed by atoms with Crippen molar-refractivity contribution in [3.05, 3.63) is 47.5 Å². The van der Waals surface area contributed by atoms with E-state index in [0.29, 0.717) is 37.3 Å². The number of ether oxygens (including phenoxy) is 1. The number of rotatable bonds is 3. The summed E-state index contributed by atoms with van der Waals surface area (Å²) >= 11 is 0. The van der Waals surface area contributed by atoms with Crippen molar-refractivity contribution < 1.29 is 19.7 Å². The van der Waals surface area contributed by atoms with Gasteiger partial charge in [-0.1, -0.05) is 26.0 Å². The predicted octanol–water partition coefficient (Wildman–Crippen LogP) is 4.47. The molecule has 2 aliphatic rings. The van der Waals surface area contributed by atoms with Crippen LogP contribution in [0.4, 0.5) is 5.69 Å². The molecule has 0 radical (unpaired) electrons. The molecule has 2 aromatic carbocycles. The molecule has 2 aliphatic heterocycles. The molecular formula is C25H32N2O4. The summed E-state index contributed by atoms with van der Waals surface area (Å²) in [6.45, 7) is 7.42. The van der Waals surface area contributed by atoms with E-state index in [9.17, 15) is 15.0 Å². The summed E-state index contributed by atoms with van der Waals surface area (Å²) in [6, 6.07) is 11.1. The fourth-order valence-corrected chi connectivity index (χ4v) is 4.71. The maximum absolute atomic E-state index is 12.8. The minimum atomic E-state index is -0.0984.